The molecule has 0 spiro atoms. The van der Waals surface area contributed by atoms with E-state index in [0.29, 0.717) is 27.4 Å². The lowest BCUT2D eigenvalue weighted by atomic mass is 9.95. The van der Waals surface area contributed by atoms with Gasteiger partial charge >= 0.3 is 0 Å². The number of allylic oxidation sites excluding steroid dienone is 2. The smallest absolute Gasteiger partial charge is 0.253 e. The average Bonchev–Trinajstić information content (AvgIpc) is 3.53. The number of carbonyl (C=O) groups excluding carboxylic acids is 2. The van der Waals surface area contributed by atoms with Crippen molar-refractivity contribution < 1.29 is 9.59 Å². The molecule has 2 aromatic heterocycles. The number of nitrogens with zero attached hydrogens (tertiary/aromatic N) is 5. The van der Waals surface area contributed by atoms with E-state index in [1.807, 2.05) is 35.0 Å². The molecule has 0 radical (unpaired) electrons. The third-order valence-corrected chi connectivity index (χ3v) is 8.69. The highest BCUT2D eigenvalue weighted by atomic mass is 35.5. The zero-order valence-electron chi connectivity index (χ0n) is 23.3. The molecule has 0 saturated carbocycles. The first kappa shape index (κ1) is 28.2. The Kier molecular flexibility index (Phi) is 8.48. The van der Waals surface area contributed by atoms with Crippen LogP contribution in [0.2, 0.25) is 5.02 Å². The number of nitrogens with one attached hydrogen (secondary N) is 2. The normalized spacial score (nSPS) is 15.8. The van der Waals surface area contributed by atoms with Crippen molar-refractivity contribution in [2.24, 2.45) is 4.99 Å². The Bertz CT molecular complexity index is 1500. The molecule has 1 saturated heterocycles. The molecule has 2 aliphatic rings. The number of rotatable bonds is 7. The second kappa shape index (κ2) is 12.0. The molecular weight excluding hydrogens is 546 g/mol. The molecule has 2 N–H and O–H groups in total. The summed E-state index contributed by atoms with van der Waals surface area (Å²) in [6.07, 6.45) is 8.14. The van der Waals surface area contributed by atoms with Crippen LogP contribution >= 0.6 is 22.9 Å². The van der Waals surface area contributed by atoms with Crippen LogP contribution in [0.3, 0.4) is 0 Å². The lowest BCUT2D eigenvalue weighted by Gasteiger charge is -2.32. The lowest BCUT2D eigenvalue weighted by molar-refractivity contribution is -0.114. The third-order valence-electron chi connectivity index (χ3n) is 7.37. The van der Waals surface area contributed by atoms with Crippen molar-refractivity contribution in [1.29, 1.82) is 0 Å². The minimum atomic E-state index is -0.161. The van der Waals surface area contributed by atoms with Gasteiger partial charge in [0.1, 0.15) is 0 Å². The van der Waals surface area contributed by atoms with Gasteiger partial charge in [-0.1, -0.05) is 35.9 Å². The molecule has 1 aromatic carbocycles. The van der Waals surface area contributed by atoms with Crippen molar-refractivity contribution in [2.75, 3.05) is 32.5 Å². The molecule has 0 unspecified atom stereocenters. The van der Waals surface area contributed by atoms with Crippen molar-refractivity contribution in [2.45, 2.75) is 52.0 Å². The number of benzene rings is 1. The fourth-order valence-electron chi connectivity index (χ4n) is 5.42. The van der Waals surface area contributed by atoms with Gasteiger partial charge in [0.05, 0.1) is 32.7 Å². The highest BCUT2D eigenvalue weighted by Crippen LogP contribution is 2.44. The SMILES string of the molecule is CC/C=C(\C=NC)c1nn(-c2ccc(C(=O)N3CCC(NC)CC3)cc2Cl)c2c1CCc1nc(NC(C)=O)sc1-2. The number of fused-ring (bicyclic) bond motifs is 3. The number of thiazole rings is 1. The first-order valence-corrected chi connectivity index (χ1v) is 14.8. The van der Waals surface area contributed by atoms with Gasteiger partial charge in [-0.05, 0) is 57.4 Å². The first-order chi connectivity index (χ1) is 19.3. The molecule has 3 heterocycles. The summed E-state index contributed by atoms with van der Waals surface area (Å²) in [5.41, 5.74) is 5.97. The van der Waals surface area contributed by atoms with E-state index in [4.69, 9.17) is 21.7 Å². The fourth-order valence-corrected chi connectivity index (χ4v) is 6.79. The Morgan fingerprint density at radius 2 is 2.02 bits per heavy atom. The van der Waals surface area contributed by atoms with Crippen LogP contribution in [0.1, 0.15) is 60.4 Å². The molecule has 210 valence electrons. The van der Waals surface area contributed by atoms with E-state index >= 15 is 0 Å². The number of amides is 2. The number of aromatic nitrogens is 3. The number of anilines is 1. The van der Waals surface area contributed by atoms with Crippen LogP contribution in [-0.2, 0) is 17.6 Å². The molecule has 5 rings (SSSR count). The lowest BCUT2D eigenvalue weighted by Crippen LogP contribution is -2.43. The Balaban J connectivity index is 1.58. The molecule has 11 heteroatoms. The first-order valence-electron chi connectivity index (χ1n) is 13.6. The van der Waals surface area contributed by atoms with Gasteiger partial charge < -0.3 is 15.5 Å². The number of piperidine rings is 1. The minimum absolute atomic E-state index is 0.0109. The zero-order chi connectivity index (χ0) is 28.4. The topological polar surface area (TPSA) is 105 Å². The molecule has 1 fully saturated rings. The number of aliphatic imine (C=N–C) groups is 1. The molecule has 3 aromatic rings. The number of carbonyl (C=O) groups is 2. The number of aryl methyl sites for hydroxylation is 1. The molecule has 1 aliphatic carbocycles. The summed E-state index contributed by atoms with van der Waals surface area (Å²) in [4.78, 5) is 36.8. The summed E-state index contributed by atoms with van der Waals surface area (Å²) in [6, 6.07) is 5.89. The molecule has 9 nitrogen and oxygen atoms in total. The molecule has 0 atom stereocenters. The van der Waals surface area contributed by atoms with Gasteiger partial charge in [-0.3, -0.25) is 14.6 Å². The van der Waals surface area contributed by atoms with Crippen LogP contribution in [0.4, 0.5) is 5.13 Å². The van der Waals surface area contributed by atoms with Crippen molar-refractivity contribution in [3.63, 3.8) is 0 Å². The maximum atomic E-state index is 13.3. The quantitative estimate of drug-likeness (QED) is 0.382. The molecule has 40 heavy (non-hydrogen) atoms. The highest BCUT2D eigenvalue weighted by molar-refractivity contribution is 7.19. The summed E-state index contributed by atoms with van der Waals surface area (Å²) in [5.74, 6) is -0.172. The highest BCUT2D eigenvalue weighted by Gasteiger charge is 2.31. The van der Waals surface area contributed by atoms with Crippen molar-refractivity contribution >= 4 is 51.7 Å². The van der Waals surface area contributed by atoms with Crippen molar-refractivity contribution in [1.82, 2.24) is 25.0 Å². The minimum Gasteiger partial charge on any atom is -0.339 e. The zero-order valence-corrected chi connectivity index (χ0v) is 24.8. The van der Waals surface area contributed by atoms with Crippen LogP contribution in [0.15, 0.2) is 29.3 Å². The number of halogens is 1. The Labute approximate surface area is 243 Å². The molecule has 0 bridgehead atoms. The third kappa shape index (κ3) is 5.48. The van der Waals surface area contributed by atoms with Gasteiger partial charge in [0.2, 0.25) is 5.91 Å². The maximum absolute atomic E-state index is 13.3. The van der Waals surface area contributed by atoms with Crippen molar-refractivity contribution in [3.8, 4) is 16.3 Å². The summed E-state index contributed by atoms with van der Waals surface area (Å²) in [6.45, 7) is 5.00. The van der Waals surface area contributed by atoms with E-state index in [1.165, 1.54) is 18.3 Å². The monoisotopic (exact) mass is 579 g/mol. The van der Waals surface area contributed by atoms with Crippen LogP contribution in [0.5, 0.6) is 0 Å². The van der Waals surface area contributed by atoms with Crippen LogP contribution in [-0.4, -0.2) is 70.9 Å². The van der Waals surface area contributed by atoms with E-state index in [9.17, 15) is 9.59 Å². The van der Waals surface area contributed by atoms with Gasteiger partial charge in [-0.25, -0.2) is 9.67 Å². The number of hydrogen-bond donors (Lipinski definition) is 2. The van der Waals surface area contributed by atoms with Crippen molar-refractivity contribution in [3.05, 3.63) is 51.8 Å². The van der Waals surface area contributed by atoms with E-state index in [2.05, 4.69) is 28.6 Å². The summed E-state index contributed by atoms with van der Waals surface area (Å²) >= 11 is 8.33. The maximum Gasteiger partial charge on any atom is 0.253 e. The van der Waals surface area contributed by atoms with Crippen LogP contribution in [0.25, 0.3) is 21.8 Å². The molecule has 2 amide bonds. The number of likely N-dealkylation sites (tertiary alicyclic amines) is 1. The predicted octanol–water partition coefficient (Wildman–Crippen LogP) is 5.02. The Morgan fingerprint density at radius 3 is 2.67 bits per heavy atom. The predicted molar refractivity (Wildman–Crippen MR) is 162 cm³/mol. The Morgan fingerprint density at radius 1 is 1.25 bits per heavy atom. The standard InChI is InChI=1S/C29H34ClN7O2S/c1-5-6-19(16-31-3)25-21-8-9-23-27(40-29(34-23)33-17(2)38)26(21)37(35-25)24-10-7-18(15-22(24)30)28(39)36-13-11-20(32-4)12-14-36/h6-7,10,15-16,20,32H,5,8-9,11-14H2,1-4H3,(H,33,34,38)/b19-6+,31-16?. The summed E-state index contributed by atoms with van der Waals surface area (Å²) in [5, 5.41) is 12.2. The van der Waals surface area contributed by atoms with Gasteiger partial charge in [0, 0.05) is 56.0 Å². The summed E-state index contributed by atoms with van der Waals surface area (Å²) < 4.78 is 1.86. The Hall–Kier alpha value is -3.34. The average molecular weight is 580 g/mol. The second-order valence-corrected chi connectivity index (χ2v) is 11.4. The van der Waals surface area contributed by atoms with E-state index in [-0.39, 0.29) is 11.8 Å². The van der Waals surface area contributed by atoms with Crippen LogP contribution < -0.4 is 10.6 Å². The fraction of sp³-hybridized carbons (Fsp3) is 0.414. The largest absolute Gasteiger partial charge is 0.339 e. The van der Waals surface area contributed by atoms with Gasteiger partial charge in [-0.2, -0.15) is 5.10 Å². The summed E-state index contributed by atoms with van der Waals surface area (Å²) in [7, 11) is 3.72. The van der Waals surface area contributed by atoms with E-state index in [1.54, 1.807) is 13.1 Å². The molecule has 1 aliphatic heterocycles. The van der Waals surface area contributed by atoms with Crippen LogP contribution in [0, 0.1) is 0 Å². The van der Waals surface area contributed by atoms with E-state index < -0.39 is 0 Å². The second-order valence-electron chi connectivity index (χ2n) is 10.0. The van der Waals surface area contributed by atoms with E-state index in [0.717, 1.165) is 78.3 Å². The number of hydrogen-bond acceptors (Lipinski definition) is 7. The molecular formula is C29H34ClN7O2S. The van der Waals surface area contributed by atoms with Gasteiger partial charge in [-0.15, -0.1) is 0 Å². The van der Waals surface area contributed by atoms with Gasteiger partial charge in [0.15, 0.2) is 5.13 Å². The van der Waals surface area contributed by atoms with Gasteiger partial charge in [0.25, 0.3) is 5.91 Å².